The van der Waals surface area contributed by atoms with Gasteiger partial charge in [0.05, 0.1) is 5.75 Å². The number of nitrogens with zero attached hydrogens (tertiary/aromatic N) is 1. The van der Waals surface area contributed by atoms with Crippen LogP contribution < -0.4 is 0 Å². The molecule has 1 aromatic rings. The van der Waals surface area contributed by atoms with Gasteiger partial charge in [-0.3, -0.25) is 4.79 Å². The van der Waals surface area contributed by atoms with E-state index in [-0.39, 0.29) is 17.7 Å². The van der Waals surface area contributed by atoms with Crippen LogP contribution in [-0.2, 0) is 15.6 Å². The van der Waals surface area contributed by atoms with Gasteiger partial charge in [0.1, 0.15) is 0 Å². The monoisotopic (exact) mass is 337 g/mol. The van der Waals surface area contributed by atoms with E-state index in [1.54, 1.807) is 24.3 Å². The Bertz CT molecular complexity index is 669. The zero-order chi connectivity index (χ0) is 17.3. The molecule has 0 atom stereocenters. The Morgan fingerprint density at radius 1 is 1.26 bits per heavy atom. The third kappa shape index (κ3) is 5.06. The summed E-state index contributed by atoms with van der Waals surface area (Å²) < 4.78 is 22.9. The quantitative estimate of drug-likeness (QED) is 0.847. The lowest BCUT2D eigenvalue weighted by Gasteiger charge is -2.38. The fourth-order valence-corrected chi connectivity index (χ4v) is 4.02. The normalized spacial score (nSPS) is 18.6. The maximum Gasteiger partial charge on any atom is 0.253 e. The predicted octanol–water partition coefficient (Wildman–Crippen LogP) is 3.27. The maximum atomic E-state index is 12.7. The van der Waals surface area contributed by atoms with Gasteiger partial charge >= 0.3 is 0 Å². The highest BCUT2D eigenvalue weighted by molar-refractivity contribution is 7.89. The Kier molecular flexibility index (Phi) is 5.19. The Labute approximate surface area is 139 Å². The van der Waals surface area contributed by atoms with Gasteiger partial charge in [-0.2, -0.15) is 0 Å². The molecule has 1 aliphatic rings. The number of rotatable bonds is 4. The molecule has 2 rings (SSSR count). The Morgan fingerprint density at radius 2 is 1.87 bits per heavy atom. The molecule has 0 aliphatic heterocycles. The number of carbonyl (C=O) groups excluding carboxylic acids is 1. The SMILES string of the molecule is CN(C(=O)c1cccc(CS(C)(=O)=O)c1)C1CCC(C)(C)CC1. The molecule has 1 amide bonds. The van der Waals surface area contributed by atoms with Crippen molar-refractivity contribution in [3.63, 3.8) is 0 Å². The molecule has 0 radical (unpaired) electrons. The zero-order valence-corrected chi connectivity index (χ0v) is 15.3. The lowest BCUT2D eigenvalue weighted by molar-refractivity contribution is 0.0635. The van der Waals surface area contributed by atoms with Crippen LogP contribution in [0.15, 0.2) is 24.3 Å². The molecule has 1 aromatic carbocycles. The van der Waals surface area contributed by atoms with Gasteiger partial charge < -0.3 is 4.90 Å². The summed E-state index contributed by atoms with van der Waals surface area (Å²) >= 11 is 0. The van der Waals surface area contributed by atoms with E-state index in [4.69, 9.17) is 0 Å². The van der Waals surface area contributed by atoms with E-state index in [0.29, 0.717) is 16.5 Å². The molecular formula is C18H27NO3S. The molecule has 0 unspecified atom stereocenters. The van der Waals surface area contributed by atoms with Crippen molar-refractivity contribution in [1.29, 1.82) is 0 Å². The smallest absolute Gasteiger partial charge is 0.253 e. The van der Waals surface area contributed by atoms with Crippen molar-refractivity contribution in [2.45, 2.75) is 51.3 Å². The summed E-state index contributed by atoms with van der Waals surface area (Å²) in [5, 5.41) is 0. The van der Waals surface area contributed by atoms with Crippen molar-refractivity contribution >= 4 is 15.7 Å². The lowest BCUT2D eigenvalue weighted by atomic mass is 9.75. The molecule has 23 heavy (non-hydrogen) atoms. The van der Waals surface area contributed by atoms with Crippen molar-refractivity contribution in [3.05, 3.63) is 35.4 Å². The number of hydrogen-bond donors (Lipinski definition) is 0. The second-order valence-corrected chi connectivity index (χ2v) is 9.72. The molecule has 1 aliphatic carbocycles. The molecule has 1 saturated carbocycles. The minimum Gasteiger partial charge on any atom is -0.339 e. The first kappa shape index (κ1) is 18.0. The van der Waals surface area contributed by atoms with E-state index in [2.05, 4.69) is 13.8 Å². The molecule has 5 heteroatoms. The lowest BCUT2D eigenvalue weighted by Crippen LogP contribution is -2.40. The largest absolute Gasteiger partial charge is 0.339 e. The van der Waals surface area contributed by atoms with Crippen molar-refractivity contribution in [2.75, 3.05) is 13.3 Å². The first-order valence-electron chi connectivity index (χ1n) is 8.11. The summed E-state index contributed by atoms with van der Waals surface area (Å²) in [5.41, 5.74) is 1.60. The predicted molar refractivity (Wildman–Crippen MR) is 93.1 cm³/mol. The average Bonchev–Trinajstić information content (AvgIpc) is 2.44. The summed E-state index contributed by atoms with van der Waals surface area (Å²) in [6, 6.07) is 7.24. The number of hydrogen-bond acceptors (Lipinski definition) is 3. The van der Waals surface area contributed by atoms with Gasteiger partial charge in [0.2, 0.25) is 0 Å². The van der Waals surface area contributed by atoms with Crippen LogP contribution in [0.2, 0.25) is 0 Å². The Hall–Kier alpha value is -1.36. The fourth-order valence-electron chi connectivity index (χ4n) is 3.24. The third-order valence-electron chi connectivity index (χ3n) is 4.78. The van der Waals surface area contributed by atoms with E-state index in [1.807, 2.05) is 11.9 Å². The summed E-state index contributed by atoms with van der Waals surface area (Å²) in [5.74, 6) is -0.0554. The highest BCUT2D eigenvalue weighted by Gasteiger charge is 2.30. The molecule has 4 nitrogen and oxygen atoms in total. The molecule has 0 heterocycles. The second-order valence-electron chi connectivity index (χ2n) is 7.58. The van der Waals surface area contributed by atoms with Gasteiger partial charge in [-0.1, -0.05) is 26.0 Å². The van der Waals surface area contributed by atoms with Crippen LogP contribution in [0.1, 0.15) is 55.5 Å². The van der Waals surface area contributed by atoms with Crippen LogP contribution >= 0.6 is 0 Å². The van der Waals surface area contributed by atoms with Crippen molar-refractivity contribution < 1.29 is 13.2 Å². The van der Waals surface area contributed by atoms with Gasteiger partial charge in [-0.15, -0.1) is 0 Å². The Balaban J connectivity index is 2.09. The van der Waals surface area contributed by atoms with Gasteiger partial charge in [0.25, 0.3) is 5.91 Å². The highest BCUT2D eigenvalue weighted by Crippen LogP contribution is 2.36. The molecular weight excluding hydrogens is 310 g/mol. The molecule has 0 N–H and O–H groups in total. The van der Waals surface area contributed by atoms with E-state index >= 15 is 0 Å². The van der Waals surface area contributed by atoms with E-state index in [1.165, 1.54) is 6.26 Å². The van der Waals surface area contributed by atoms with Gasteiger partial charge in [0.15, 0.2) is 9.84 Å². The minimum absolute atomic E-state index is 0.0231. The zero-order valence-electron chi connectivity index (χ0n) is 14.5. The average molecular weight is 337 g/mol. The summed E-state index contributed by atoms with van der Waals surface area (Å²) in [6.07, 6.45) is 5.51. The first-order chi connectivity index (χ1) is 10.6. The van der Waals surface area contributed by atoms with E-state index in [9.17, 15) is 13.2 Å². The van der Waals surface area contributed by atoms with Crippen LogP contribution in [0.5, 0.6) is 0 Å². The molecule has 0 spiro atoms. The minimum atomic E-state index is -3.10. The topological polar surface area (TPSA) is 54.5 Å². The molecule has 0 aromatic heterocycles. The van der Waals surface area contributed by atoms with Crippen LogP contribution in [0.25, 0.3) is 0 Å². The summed E-state index contributed by atoms with van der Waals surface area (Å²) in [6.45, 7) is 4.55. The molecule has 1 fully saturated rings. The van der Waals surface area contributed by atoms with Crippen molar-refractivity contribution in [3.8, 4) is 0 Å². The first-order valence-corrected chi connectivity index (χ1v) is 10.2. The Morgan fingerprint density at radius 3 is 2.43 bits per heavy atom. The van der Waals surface area contributed by atoms with Crippen LogP contribution in [0.3, 0.4) is 0 Å². The van der Waals surface area contributed by atoms with Crippen molar-refractivity contribution in [2.24, 2.45) is 5.41 Å². The molecule has 0 saturated heterocycles. The third-order valence-corrected chi connectivity index (χ3v) is 5.64. The number of sulfone groups is 1. The second kappa shape index (κ2) is 6.63. The summed E-state index contributed by atoms with van der Waals surface area (Å²) in [4.78, 5) is 14.5. The van der Waals surface area contributed by atoms with E-state index < -0.39 is 9.84 Å². The van der Waals surface area contributed by atoms with Crippen LogP contribution in [-0.4, -0.2) is 38.6 Å². The fraction of sp³-hybridized carbons (Fsp3) is 0.611. The van der Waals surface area contributed by atoms with Gasteiger partial charge in [-0.25, -0.2) is 8.42 Å². The number of carbonyl (C=O) groups is 1. The highest BCUT2D eigenvalue weighted by atomic mass is 32.2. The maximum absolute atomic E-state index is 12.7. The van der Waals surface area contributed by atoms with Crippen LogP contribution in [0.4, 0.5) is 0 Å². The van der Waals surface area contributed by atoms with Crippen LogP contribution in [0, 0.1) is 5.41 Å². The van der Waals surface area contributed by atoms with Gasteiger partial charge in [-0.05, 0) is 48.8 Å². The van der Waals surface area contributed by atoms with Crippen molar-refractivity contribution in [1.82, 2.24) is 4.90 Å². The molecule has 0 bridgehead atoms. The number of amides is 1. The molecule has 128 valence electrons. The van der Waals surface area contributed by atoms with Gasteiger partial charge in [0, 0.05) is 24.9 Å². The van der Waals surface area contributed by atoms with E-state index in [0.717, 1.165) is 25.7 Å². The number of benzene rings is 1. The summed E-state index contributed by atoms with van der Waals surface area (Å²) in [7, 11) is -1.24. The standard InChI is InChI=1S/C18H27NO3S/c1-18(2)10-8-16(9-11-18)19(3)17(20)15-7-5-6-14(12-15)13-23(4,21)22/h5-7,12,16H,8-11,13H2,1-4H3.